The van der Waals surface area contributed by atoms with E-state index in [4.69, 9.17) is 27.9 Å². The first kappa shape index (κ1) is 22.7. The van der Waals surface area contributed by atoms with E-state index >= 15 is 0 Å². The second-order valence-electron chi connectivity index (χ2n) is 6.73. The normalized spacial score (nSPS) is 10.8. The predicted molar refractivity (Wildman–Crippen MR) is 100 cm³/mol. The summed E-state index contributed by atoms with van der Waals surface area (Å²) < 4.78 is 7.30. The van der Waals surface area contributed by atoms with Gasteiger partial charge in [-0.15, -0.1) is 0 Å². The summed E-state index contributed by atoms with van der Waals surface area (Å²) in [5, 5.41) is 3.80. The van der Waals surface area contributed by atoms with E-state index in [-0.39, 0.29) is 17.0 Å². The van der Waals surface area contributed by atoms with Crippen LogP contribution in [-0.2, 0) is 17.7 Å². The Hall–Kier alpha value is -1.30. The zero-order valence-corrected chi connectivity index (χ0v) is 18.2. The van der Waals surface area contributed by atoms with Crippen LogP contribution in [0.3, 0.4) is 0 Å². The van der Waals surface area contributed by atoms with E-state index in [0.29, 0.717) is 29.6 Å². The molecule has 0 spiro atoms. The number of nitrogens with one attached hydrogen (secondary N) is 1. The van der Waals surface area contributed by atoms with Crippen LogP contribution in [0.15, 0.2) is 42.7 Å². The summed E-state index contributed by atoms with van der Waals surface area (Å²) >= 11 is 12.6. The molecule has 0 aliphatic heterocycles. The summed E-state index contributed by atoms with van der Waals surface area (Å²) in [6.07, 6.45) is 4.11. The van der Waals surface area contributed by atoms with Gasteiger partial charge in [-0.3, -0.25) is 0 Å². The molecule has 2 rings (SSSR count). The van der Waals surface area contributed by atoms with Crippen molar-refractivity contribution in [3.63, 3.8) is 0 Å². The van der Waals surface area contributed by atoms with Crippen molar-refractivity contribution in [2.45, 2.75) is 39.3 Å². The maximum atomic E-state index is 11.8. The zero-order chi connectivity index (χ0) is 18.4. The minimum atomic E-state index is -0.521. The van der Waals surface area contributed by atoms with Crippen molar-refractivity contribution in [1.29, 1.82) is 0 Å². The zero-order valence-electron chi connectivity index (χ0n) is 15.1. The van der Waals surface area contributed by atoms with Gasteiger partial charge in [-0.25, -0.2) is 9.36 Å². The molecule has 1 heterocycles. The average Bonchev–Trinajstić information content (AvgIpc) is 2.53. The quantitative estimate of drug-likeness (QED) is 0.684. The SMILES string of the molecule is CC(C)(C)OC(=O)NCCc1c(C[n+]2ccccc2)ccc(Cl)c1Cl.[Br-]. The number of benzene rings is 1. The molecular formula is C19H23BrCl2N2O2. The van der Waals surface area contributed by atoms with Crippen LogP contribution in [0.2, 0.25) is 10.0 Å². The number of hydrogen-bond donors (Lipinski definition) is 1. The molecule has 7 heteroatoms. The van der Waals surface area contributed by atoms with Gasteiger partial charge in [0.25, 0.3) is 0 Å². The molecule has 1 aromatic carbocycles. The van der Waals surface area contributed by atoms with Crippen molar-refractivity contribution in [3.8, 4) is 0 Å². The Balaban J connectivity index is 0.00000338. The Morgan fingerprint density at radius 3 is 2.42 bits per heavy atom. The second kappa shape index (κ2) is 10.1. The molecule has 0 unspecified atom stereocenters. The Morgan fingerprint density at radius 2 is 1.81 bits per heavy atom. The highest BCUT2D eigenvalue weighted by Gasteiger charge is 2.17. The van der Waals surface area contributed by atoms with Crippen LogP contribution >= 0.6 is 23.2 Å². The topological polar surface area (TPSA) is 42.2 Å². The molecule has 0 fully saturated rings. The van der Waals surface area contributed by atoms with Gasteiger partial charge >= 0.3 is 6.09 Å². The number of alkyl carbamates (subject to hydrolysis) is 1. The van der Waals surface area contributed by atoms with Crippen molar-refractivity contribution in [2.75, 3.05) is 6.54 Å². The summed E-state index contributed by atoms with van der Waals surface area (Å²) in [5.41, 5.74) is 1.48. The fourth-order valence-electron chi connectivity index (χ4n) is 2.39. The second-order valence-corrected chi connectivity index (χ2v) is 7.51. The monoisotopic (exact) mass is 460 g/mol. The highest BCUT2D eigenvalue weighted by atomic mass is 79.9. The molecule has 2 aromatic rings. The Kier molecular flexibility index (Phi) is 8.87. The lowest BCUT2D eigenvalue weighted by molar-refractivity contribution is -0.688. The summed E-state index contributed by atoms with van der Waals surface area (Å²) in [4.78, 5) is 11.8. The molecule has 0 saturated heterocycles. The number of nitrogens with zero attached hydrogens (tertiary/aromatic N) is 1. The van der Waals surface area contributed by atoms with E-state index in [1.807, 2.05) is 57.4 Å². The first-order chi connectivity index (χ1) is 11.8. The Labute approximate surface area is 175 Å². The van der Waals surface area contributed by atoms with Crippen molar-refractivity contribution in [2.24, 2.45) is 0 Å². The van der Waals surface area contributed by atoms with Gasteiger partial charge in [0.05, 0.1) is 10.0 Å². The third-order valence-corrected chi connectivity index (χ3v) is 4.31. The number of rotatable bonds is 5. The third kappa shape index (κ3) is 7.14. The number of carbonyl (C=O) groups is 1. The fourth-order valence-corrected chi connectivity index (χ4v) is 2.85. The van der Waals surface area contributed by atoms with Crippen molar-refractivity contribution in [3.05, 3.63) is 63.9 Å². The van der Waals surface area contributed by atoms with Gasteiger partial charge in [-0.05, 0) is 38.8 Å². The van der Waals surface area contributed by atoms with Crippen molar-refractivity contribution >= 4 is 29.3 Å². The van der Waals surface area contributed by atoms with E-state index < -0.39 is 11.7 Å². The molecule has 1 N–H and O–H groups in total. The highest BCUT2D eigenvalue weighted by Crippen LogP contribution is 2.29. The van der Waals surface area contributed by atoms with Gasteiger partial charge < -0.3 is 27.0 Å². The Morgan fingerprint density at radius 1 is 1.15 bits per heavy atom. The number of aromatic nitrogens is 1. The van der Waals surface area contributed by atoms with Gasteiger partial charge in [0.15, 0.2) is 18.9 Å². The van der Waals surface area contributed by atoms with Gasteiger partial charge in [-0.1, -0.05) is 35.3 Å². The number of halogens is 3. The smallest absolute Gasteiger partial charge is 0.407 e. The van der Waals surface area contributed by atoms with Crippen LogP contribution < -0.4 is 26.9 Å². The molecule has 0 bridgehead atoms. The summed E-state index contributed by atoms with van der Waals surface area (Å²) in [7, 11) is 0. The highest BCUT2D eigenvalue weighted by molar-refractivity contribution is 6.42. The molecule has 0 radical (unpaired) electrons. The van der Waals surface area contributed by atoms with Crippen LogP contribution in [0.4, 0.5) is 4.79 Å². The number of pyridine rings is 1. The molecule has 0 aliphatic rings. The van der Waals surface area contributed by atoms with Crippen molar-refractivity contribution < 1.29 is 31.1 Å². The number of carbonyl (C=O) groups excluding carboxylic acids is 1. The van der Waals surface area contributed by atoms with Crippen LogP contribution in [0.1, 0.15) is 31.9 Å². The standard InChI is InChI=1S/C19H22Cl2N2O2.BrH/c1-19(2,3)25-18(24)22-10-9-15-14(7-8-16(20)17(15)21)13-23-11-5-4-6-12-23;/h4-8,11-12H,9-10,13H2,1-3H3;1H. The third-order valence-electron chi connectivity index (χ3n) is 3.47. The first-order valence-electron chi connectivity index (χ1n) is 8.13. The van der Waals surface area contributed by atoms with Crippen LogP contribution in [0.5, 0.6) is 0 Å². The van der Waals surface area contributed by atoms with E-state index in [0.717, 1.165) is 11.1 Å². The lowest BCUT2D eigenvalue weighted by atomic mass is 10.0. The molecule has 1 aromatic heterocycles. The fraction of sp³-hybridized carbons (Fsp3) is 0.368. The molecule has 4 nitrogen and oxygen atoms in total. The first-order valence-corrected chi connectivity index (χ1v) is 8.88. The molecule has 0 atom stereocenters. The van der Waals surface area contributed by atoms with Crippen LogP contribution in [0, 0.1) is 0 Å². The maximum absolute atomic E-state index is 11.8. The predicted octanol–water partition coefficient (Wildman–Crippen LogP) is 1.40. The van der Waals surface area contributed by atoms with Gasteiger partial charge in [0, 0.05) is 24.2 Å². The maximum Gasteiger partial charge on any atom is 0.407 e. The lowest BCUT2D eigenvalue weighted by Crippen LogP contribution is -3.00. The van der Waals surface area contributed by atoms with Crippen LogP contribution in [-0.4, -0.2) is 18.2 Å². The Bertz CT molecular complexity index is 734. The molecule has 26 heavy (non-hydrogen) atoms. The number of amides is 1. The average molecular weight is 462 g/mol. The molecule has 0 aliphatic carbocycles. The van der Waals surface area contributed by atoms with E-state index in [2.05, 4.69) is 9.88 Å². The van der Waals surface area contributed by atoms with Crippen molar-refractivity contribution in [1.82, 2.24) is 5.32 Å². The molecule has 0 saturated carbocycles. The minimum absolute atomic E-state index is 0. The number of hydrogen-bond acceptors (Lipinski definition) is 2. The summed E-state index contributed by atoms with van der Waals surface area (Å²) in [5.74, 6) is 0. The largest absolute Gasteiger partial charge is 1.00 e. The van der Waals surface area contributed by atoms with E-state index in [9.17, 15) is 4.79 Å². The summed E-state index contributed by atoms with van der Waals surface area (Å²) in [6, 6.07) is 9.68. The van der Waals surface area contributed by atoms with Crippen LogP contribution in [0.25, 0.3) is 0 Å². The van der Waals surface area contributed by atoms with Gasteiger partial charge in [-0.2, -0.15) is 0 Å². The molecule has 1 amide bonds. The van der Waals surface area contributed by atoms with E-state index in [1.54, 1.807) is 6.07 Å². The lowest BCUT2D eigenvalue weighted by Gasteiger charge is -2.20. The minimum Gasteiger partial charge on any atom is -1.00 e. The van der Waals surface area contributed by atoms with Gasteiger partial charge in [0.2, 0.25) is 0 Å². The number of ether oxygens (including phenoxy) is 1. The molecule has 142 valence electrons. The van der Waals surface area contributed by atoms with E-state index in [1.165, 1.54) is 0 Å². The van der Waals surface area contributed by atoms with Gasteiger partial charge in [0.1, 0.15) is 5.60 Å². The molecular weight excluding hydrogens is 439 g/mol. The summed E-state index contributed by atoms with van der Waals surface area (Å²) in [6.45, 7) is 6.59.